The van der Waals surface area contributed by atoms with Gasteiger partial charge in [-0.25, -0.2) is 0 Å². The van der Waals surface area contributed by atoms with Crippen LogP contribution in [0.1, 0.15) is 21.5 Å². The SMILES string of the molecule is Cc1cc(C)c(NC(=O)c2cccc(N)c2Br)c(Br)c1. The average molecular weight is 398 g/mol. The number of halogens is 2. The number of rotatable bonds is 2. The fourth-order valence-electron chi connectivity index (χ4n) is 1.98. The van der Waals surface area contributed by atoms with Gasteiger partial charge in [-0.1, -0.05) is 12.1 Å². The number of anilines is 2. The van der Waals surface area contributed by atoms with Gasteiger partial charge in [0.1, 0.15) is 0 Å². The van der Waals surface area contributed by atoms with Gasteiger partial charge in [-0.05, 0) is 75.0 Å². The maximum atomic E-state index is 12.4. The molecule has 0 bridgehead atoms. The van der Waals surface area contributed by atoms with Crippen LogP contribution in [-0.2, 0) is 0 Å². The van der Waals surface area contributed by atoms with Crippen molar-refractivity contribution in [1.29, 1.82) is 0 Å². The van der Waals surface area contributed by atoms with Crippen LogP contribution in [0, 0.1) is 13.8 Å². The minimum Gasteiger partial charge on any atom is -0.398 e. The van der Waals surface area contributed by atoms with Crippen molar-refractivity contribution >= 4 is 49.1 Å². The molecule has 0 unspecified atom stereocenters. The molecule has 0 radical (unpaired) electrons. The van der Waals surface area contributed by atoms with Gasteiger partial charge in [-0.15, -0.1) is 0 Å². The molecule has 5 heteroatoms. The summed E-state index contributed by atoms with van der Waals surface area (Å²) in [6.45, 7) is 3.97. The van der Waals surface area contributed by atoms with Crippen molar-refractivity contribution in [3.05, 3.63) is 56.0 Å². The molecule has 0 fully saturated rings. The number of amides is 1. The number of nitrogens with one attached hydrogen (secondary N) is 1. The van der Waals surface area contributed by atoms with Crippen molar-refractivity contribution in [3.8, 4) is 0 Å². The zero-order valence-corrected chi connectivity index (χ0v) is 14.3. The van der Waals surface area contributed by atoms with Gasteiger partial charge in [-0.3, -0.25) is 4.79 Å². The number of nitrogens with two attached hydrogens (primary N) is 1. The summed E-state index contributed by atoms with van der Waals surface area (Å²) in [5.74, 6) is -0.197. The van der Waals surface area contributed by atoms with Crippen molar-refractivity contribution in [1.82, 2.24) is 0 Å². The lowest BCUT2D eigenvalue weighted by molar-refractivity contribution is 0.102. The molecular weight excluding hydrogens is 384 g/mol. The second-order valence-electron chi connectivity index (χ2n) is 4.60. The fourth-order valence-corrected chi connectivity index (χ4v) is 3.20. The Bertz CT molecular complexity index is 661. The van der Waals surface area contributed by atoms with Crippen molar-refractivity contribution in [2.75, 3.05) is 11.1 Å². The van der Waals surface area contributed by atoms with E-state index in [1.165, 1.54) is 0 Å². The normalized spacial score (nSPS) is 10.4. The number of benzene rings is 2. The Morgan fingerprint density at radius 2 is 1.90 bits per heavy atom. The zero-order valence-electron chi connectivity index (χ0n) is 11.1. The number of carbonyl (C=O) groups excluding carboxylic acids is 1. The molecule has 0 aliphatic heterocycles. The number of carbonyl (C=O) groups is 1. The Balaban J connectivity index is 2.36. The first kappa shape index (κ1) is 15.1. The summed E-state index contributed by atoms with van der Waals surface area (Å²) < 4.78 is 1.47. The molecule has 2 rings (SSSR count). The van der Waals surface area contributed by atoms with E-state index in [1.807, 2.05) is 26.0 Å². The summed E-state index contributed by atoms with van der Waals surface area (Å²) in [6.07, 6.45) is 0. The standard InChI is InChI=1S/C15H14Br2N2O/c1-8-6-9(2)14(11(16)7-8)19-15(20)10-4-3-5-12(18)13(10)17/h3-7H,18H2,1-2H3,(H,19,20). The lowest BCUT2D eigenvalue weighted by Crippen LogP contribution is -2.14. The second kappa shape index (κ2) is 5.97. The van der Waals surface area contributed by atoms with Crippen molar-refractivity contribution in [3.63, 3.8) is 0 Å². The molecule has 2 aromatic carbocycles. The van der Waals surface area contributed by atoms with Gasteiger partial charge < -0.3 is 11.1 Å². The van der Waals surface area contributed by atoms with Crippen LogP contribution in [-0.4, -0.2) is 5.91 Å². The molecule has 3 nitrogen and oxygen atoms in total. The molecule has 20 heavy (non-hydrogen) atoms. The van der Waals surface area contributed by atoms with Crippen LogP contribution in [0.3, 0.4) is 0 Å². The number of nitrogen functional groups attached to an aromatic ring is 1. The molecule has 0 aliphatic rings. The fraction of sp³-hybridized carbons (Fsp3) is 0.133. The number of aryl methyl sites for hydroxylation is 2. The molecule has 0 aromatic heterocycles. The summed E-state index contributed by atoms with van der Waals surface area (Å²) >= 11 is 6.83. The highest BCUT2D eigenvalue weighted by Crippen LogP contribution is 2.30. The first-order valence-electron chi connectivity index (χ1n) is 6.02. The van der Waals surface area contributed by atoms with Crippen molar-refractivity contribution < 1.29 is 4.79 Å². The first-order chi connectivity index (χ1) is 9.40. The third-order valence-corrected chi connectivity index (χ3v) is 4.45. The maximum absolute atomic E-state index is 12.4. The highest BCUT2D eigenvalue weighted by atomic mass is 79.9. The van der Waals surface area contributed by atoms with Gasteiger partial charge in [0.05, 0.1) is 15.7 Å². The average Bonchev–Trinajstić information content (AvgIpc) is 2.36. The van der Waals surface area contributed by atoms with Gasteiger partial charge in [-0.2, -0.15) is 0 Å². The molecule has 3 N–H and O–H groups in total. The van der Waals surface area contributed by atoms with Crippen LogP contribution in [0.25, 0.3) is 0 Å². The molecular formula is C15H14Br2N2O. The van der Waals surface area contributed by atoms with Crippen LogP contribution in [0.4, 0.5) is 11.4 Å². The molecule has 0 heterocycles. The Kier molecular flexibility index (Phi) is 4.50. The van der Waals surface area contributed by atoms with Crippen LogP contribution < -0.4 is 11.1 Å². The van der Waals surface area contributed by atoms with Gasteiger partial charge >= 0.3 is 0 Å². The molecule has 0 saturated heterocycles. The Morgan fingerprint density at radius 1 is 1.20 bits per heavy atom. The van der Waals surface area contributed by atoms with Gasteiger partial charge in [0, 0.05) is 10.2 Å². The van der Waals surface area contributed by atoms with E-state index in [0.717, 1.165) is 21.3 Å². The van der Waals surface area contributed by atoms with E-state index in [2.05, 4.69) is 37.2 Å². The summed E-state index contributed by atoms with van der Waals surface area (Å²) in [7, 11) is 0. The minimum absolute atomic E-state index is 0.197. The van der Waals surface area contributed by atoms with Crippen LogP contribution in [0.5, 0.6) is 0 Å². The molecule has 0 saturated carbocycles. The van der Waals surface area contributed by atoms with Gasteiger partial charge in [0.2, 0.25) is 0 Å². The molecule has 0 spiro atoms. The third-order valence-electron chi connectivity index (χ3n) is 2.94. The Hall–Kier alpha value is -1.33. The van der Waals surface area contributed by atoms with E-state index in [1.54, 1.807) is 18.2 Å². The summed E-state index contributed by atoms with van der Waals surface area (Å²) in [6, 6.07) is 9.22. The van der Waals surface area contributed by atoms with Crippen molar-refractivity contribution in [2.45, 2.75) is 13.8 Å². The second-order valence-corrected chi connectivity index (χ2v) is 6.25. The monoisotopic (exact) mass is 396 g/mol. The number of hydrogen-bond donors (Lipinski definition) is 2. The molecule has 0 atom stereocenters. The molecule has 2 aromatic rings. The summed E-state index contributed by atoms with van der Waals surface area (Å²) in [5.41, 5.74) is 9.76. The number of hydrogen-bond acceptors (Lipinski definition) is 2. The smallest absolute Gasteiger partial charge is 0.256 e. The van der Waals surface area contributed by atoms with Crippen LogP contribution >= 0.6 is 31.9 Å². The first-order valence-corrected chi connectivity index (χ1v) is 7.61. The van der Waals surface area contributed by atoms with Gasteiger partial charge in [0.25, 0.3) is 5.91 Å². The molecule has 0 aliphatic carbocycles. The van der Waals surface area contributed by atoms with E-state index in [4.69, 9.17) is 5.73 Å². The molecule has 1 amide bonds. The lowest BCUT2D eigenvalue weighted by atomic mass is 10.1. The largest absolute Gasteiger partial charge is 0.398 e. The van der Waals surface area contributed by atoms with E-state index >= 15 is 0 Å². The zero-order chi connectivity index (χ0) is 14.9. The topological polar surface area (TPSA) is 55.1 Å². The van der Waals surface area contributed by atoms with E-state index < -0.39 is 0 Å². The highest BCUT2D eigenvalue weighted by Gasteiger charge is 2.14. The van der Waals surface area contributed by atoms with E-state index in [9.17, 15) is 4.79 Å². The van der Waals surface area contributed by atoms with Gasteiger partial charge in [0.15, 0.2) is 0 Å². The van der Waals surface area contributed by atoms with E-state index in [-0.39, 0.29) is 5.91 Å². The highest BCUT2D eigenvalue weighted by molar-refractivity contribution is 9.11. The Morgan fingerprint density at radius 3 is 2.55 bits per heavy atom. The predicted octanol–water partition coefficient (Wildman–Crippen LogP) is 4.66. The predicted molar refractivity (Wildman–Crippen MR) is 90.1 cm³/mol. The summed E-state index contributed by atoms with van der Waals surface area (Å²) in [5, 5.41) is 2.92. The lowest BCUT2D eigenvalue weighted by Gasteiger charge is -2.13. The van der Waals surface area contributed by atoms with Crippen molar-refractivity contribution in [2.24, 2.45) is 0 Å². The summed E-state index contributed by atoms with van der Waals surface area (Å²) in [4.78, 5) is 12.4. The van der Waals surface area contributed by atoms with E-state index in [0.29, 0.717) is 15.7 Å². The minimum atomic E-state index is -0.197. The molecule has 104 valence electrons. The van der Waals surface area contributed by atoms with Crippen LogP contribution in [0.15, 0.2) is 39.3 Å². The third kappa shape index (κ3) is 3.04. The Labute approximate surface area is 134 Å². The maximum Gasteiger partial charge on any atom is 0.256 e. The van der Waals surface area contributed by atoms with Crippen LogP contribution in [0.2, 0.25) is 0 Å². The quantitative estimate of drug-likeness (QED) is 0.723.